The van der Waals surface area contributed by atoms with E-state index in [-0.39, 0.29) is 5.91 Å². The molecule has 0 saturated carbocycles. The zero-order chi connectivity index (χ0) is 19.1. The van der Waals surface area contributed by atoms with Crippen LogP contribution in [0.3, 0.4) is 0 Å². The number of aromatic nitrogens is 1. The molecule has 1 N–H and O–H groups in total. The Hall–Kier alpha value is -2.40. The van der Waals surface area contributed by atoms with Crippen LogP contribution in [0.4, 0.5) is 11.4 Å². The van der Waals surface area contributed by atoms with Crippen LogP contribution in [-0.2, 0) is 16.1 Å². The Morgan fingerprint density at radius 1 is 1.07 bits per heavy atom. The van der Waals surface area contributed by atoms with Gasteiger partial charge in [-0.15, -0.1) is 0 Å². The van der Waals surface area contributed by atoms with Gasteiger partial charge in [-0.3, -0.25) is 4.79 Å². The van der Waals surface area contributed by atoms with Crippen LogP contribution in [0.25, 0.3) is 0 Å². The van der Waals surface area contributed by atoms with Crippen LogP contribution < -0.4 is 14.8 Å². The number of ether oxygens (including phenoxy) is 1. The third kappa shape index (κ3) is 5.30. The SMILES string of the molecule is CCC(CC)c1cc[n+](CC(=O)Nc2ccc(N3CCOCC3)cc2)cc1. The Morgan fingerprint density at radius 2 is 1.70 bits per heavy atom. The van der Waals surface area contributed by atoms with Gasteiger partial charge in [-0.05, 0) is 48.6 Å². The summed E-state index contributed by atoms with van der Waals surface area (Å²) < 4.78 is 7.31. The molecule has 27 heavy (non-hydrogen) atoms. The van der Waals surface area contributed by atoms with E-state index < -0.39 is 0 Å². The fraction of sp³-hybridized carbons (Fsp3) is 0.455. The molecule has 1 fully saturated rings. The lowest BCUT2D eigenvalue weighted by atomic mass is 9.95. The lowest BCUT2D eigenvalue weighted by Crippen LogP contribution is -2.39. The quantitative estimate of drug-likeness (QED) is 0.763. The third-order valence-electron chi connectivity index (χ3n) is 5.23. The summed E-state index contributed by atoms with van der Waals surface area (Å²) in [7, 11) is 0. The number of amides is 1. The van der Waals surface area contributed by atoms with Gasteiger partial charge in [0.15, 0.2) is 12.4 Å². The normalized spacial score (nSPS) is 14.4. The summed E-state index contributed by atoms with van der Waals surface area (Å²) >= 11 is 0. The van der Waals surface area contributed by atoms with Crippen molar-refractivity contribution in [1.82, 2.24) is 0 Å². The van der Waals surface area contributed by atoms with Crippen molar-refractivity contribution < 1.29 is 14.1 Å². The maximum absolute atomic E-state index is 12.3. The zero-order valence-corrected chi connectivity index (χ0v) is 16.4. The van der Waals surface area contributed by atoms with Gasteiger partial charge in [0, 0.05) is 36.6 Å². The number of carbonyl (C=O) groups is 1. The van der Waals surface area contributed by atoms with Crippen molar-refractivity contribution in [3.8, 4) is 0 Å². The number of nitrogens with zero attached hydrogens (tertiary/aromatic N) is 2. The van der Waals surface area contributed by atoms with Crippen molar-refractivity contribution in [2.24, 2.45) is 0 Å². The molecule has 1 saturated heterocycles. The number of morpholine rings is 1. The van der Waals surface area contributed by atoms with Crippen molar-refractivity contribution >= 4 is 17.3 Å². The number of benzene rings is 1. The Balaban J connectivity index is 1.54. The minimum atomic E-state index is -0.0191. The number of hydrogen-bond acceptors (Lipinski definition) is 3. The summed E-state index contributed by atoms with van der Waals surface area (Å²) in [5.41, 5.74) is 3.34. The largest absolute Gasteiger partial charge is 0.378 e. The summed E-state index contributed by atoms with van der Waals surface area (Å²) in [6.45, 7) is 8.11. The highest BCUT2D eigenvalue weighted by molar-refractivity contribution is 5.89. The second-order valence-corrected chi connectivity index (χ2v) is 7.01. The molecule has 5 nitrogen and oxygen atoms in total. The molecule has 0 unspecified atom stereocenters. The second-order valence-electron chi connectivity index (χ2n) is 7.01. The van der Waals surface area contributed by atoms with E-state index >= 15 is 0 Å². The van der Waals surface area contributed by atoms with Crippen molar-refractivity contribution in [1.29, 1.82) is 0 Å². The summed E-state index contributed by atoms with van der Waals surface area (Å²) in [6.07, 6.45) is 6.27. The van der Waals surface area contributed by atoms with E-state index in [1.54, 1.807) is 0 Å². The monoisotopic (exact) mass is 368 g/mol. The average molecular weight is 369 g/mol. The van der Waals surface area contributed by atoms with Crippen molar-refractivity contribution in [2.45, 2.75) is 39.2 Å². The van der Waals surface area contributed by atoms with Crippen LogP contribution in [-0.4, -0.2) is 32.2 Å². The predicted octanol–water partition coefficient (Wildman–Crippen LogP) is 3.35. The number of pyridine rings is 1. The predicted molar refractivity (Wildman–Crippen MR) is 108 cm³/mol. The van der Waals surface area contributed by atoms with Gasteiger partial charge < -0.3 is 15.0 Å². The molecule has 1 aliphatic rings. The second kappa shape index (κ2) is 9.51. The lowest BCUT2D eigenvalue weighted by Gasteiger charge is -2.28. The van der Waals surface area contributed by atoms with Crippen LogP contribution in [0.15, 0.2) is 48.8 Å². The van der Waals surface area contributed by atoms with Crippen LogP contribution in [0.5, 0.6) is 0 Å². The maximum Gasteiger partial charge on any atom is 0.290 e. The van der Waals surface area contributed by atoms with Crippen LogP contribution >= 0.6 is 0 Å². The summed E-state index contributed by atoms with van der Waals surface area (Å²) in [5, 5.41) is 2.98. The van der Waals surface area contributed by atoms with E-state index in [9.17, 15) is 4.79 Å². The Morgan fingerprint density at radius 3 is 2.30 bits per heavy atom. The highest BCUT2D eigenvalue weighted by Gasteiger charge is 2.14. The molecule has 0 spiro atoms. The van der Waals surface area contributed by atoms with Gasteiger partial charge in [0.25, 0.3) is 5.91 Å². The molecular formula is C22H30N3O2+. The first-order valence-electron chi connectivity index (χ1n) is 9.91. The molecular weight excluding hydrogens is 338 g/mol. The smallest absolute Gasteiger partial charge is 0.290 e. The van der Waals surface area contributed by atoms with Gasteiger partial charge in [-0.2, -0.15) is 4.57 Å². The van der Waals surface area contributed by atoms with Gasteiger partial charge >= 0.3 is 0 Å². The molecule has 5 heteroatoms. The average Bonchev–Trinajstić information content (AvgIpc) is 2.71. The van der Waals surface area contributed by atoms with Gasteiger partial charge in [0.1, 0.15) is 0 Å². The summed E-state index contributed by atoms with van der Waals surface area (Å²) in [5.74, 6) is 0.577. The molecule has 0 atom stereocenters. The third-order valence-corrected chi connectivity index (χ3v) is 5.23. The number of carbonyl (C=O) groups excluding carboxylic acids is 1. The fourth-order valence-electron chi connectivity index (χ4n) is 3.55. The van der Waals surface area contributed by atoms with Crippen molar-refractivity contribution in [3.63, 3.8) is 0 Å². The van der Waals surface area contributed by atoms with Crippen LogP contribution in [0.2, 0.25) is 0 Å². The molecule has 3 rings (SSSR count). The first-order chi connectivity index (χ1) is 13.2. The number of anilines is 2. The van der Waals surface area contributed by atoms with E-state index in [1.165, 1.54) is 11.3 Å². The van der Waals surface area contributed by atoms with E-state index in [0.29, 0.717) is 12.5 Å². The lowest BCUT2D eigenvalue weighted by molar-refractivity contribution is -0.684. The number of nitrogens with one attached hydrogen (secondary N) is 1. The van der Waals surface area contributed by atoms with Crippen LogP contribution in [0, 0.1) is 0 Å². The van der Waals surface area contributed by atoms with Crippen LogP contribution in [0.1, 0.15) is 38.2 Å². The molecule has 1 aromatic heterocycles. The minimum absolute atomic E-state index is 0.0191. The standard InChI is InChI=1S/C22H29N3O2/c1-3-18(4-2)19-9-11-24(12-10-19)17-22(26)23-20-5-7-21(8-6-20)25-13-15-27-16-14-25/h5-12,18H,3-4,13-17H2,1-2H3/p+1. The Kier molecular flexibility index (Phi) is 6.82. The molecule has 0 radical (unpaired) electrons. The van der Waals surface area contributed by atoms with Gasteiger partial charge in [-0.25, -0.2) is 0 Å². The van der Waals surface area contributed by atoms with E-state index in [1.807, 2.05) is 29.1 Å². The first-order valence-corrected chi connectivity index (χ1v) is 9.91. The Labute approximate surface area is 162 Å². The molecule has 0 aliphatic carbocycles. The van der Waals surface area contributed by atoms with Gasteiger partial charge in [-0.1, -0.05) is 13.8 Å². The van der Waals surface area contributed by atoms with Crippen molar-refractivity contribution in [3.05, 3.63) is 54.4 Å². The van der Waals surface area contributed by atoms with E-state index in [0.717, 1.165) is 44.8 Å². The number of rotatable bonds is 7. The zero-order valence-electron chi connectivity index (χ0n) is 16.4. The highest BCUT2D eigenvalue weighted by atomic mass is 16.5. The molecule has 1 aromatic carbocycles. The summed E-state index contributed by atoms with van der Waals surface area (Å²) in [4.78, 5) is 14.6. The molecule has 0 bridgehead atoms. The van der Waals surface area contributed by atoms with Crippen molar-refractivity contribution in [2.75, 3.05) is 36.5 Å². The maximum atomic E-state index is 12.3. The minimum Gasteiger partial charge on any atom is -0.378 e. The van der Waals surface area contributed by atoms with Gasteiger partial charge in [0.05, 0.1) is 13.2 Å². The highest BCUT2D eigenvalue weighted by Crippen LogP contribution is 2.21. The van der Waals surface area contributed by atoms with Gasteiger partial charge in [0.2, 0.25) is 6.54 Å². The number of hydrogen-bond donors (Lipinski definition) is 1. The molecule has 2 aromatic rings. The van der Waals surface area contributed by atoms with E-state index in [4.69, 9.17) is 4.74 Å². The summed E-state index contributed by atoms with van der Waals surface area (Å²) in [6, 6.07) is 12.3. The molecule has 1 aliphatic heterocycles. The molecule has 144 valence electrons. The van der Waals surface area contributed by atoms with E-state index in [2.05, 4.69) is 48.3 Å². The Bertz CT molecular complexity index is 718. The fourth-order valence-corrected chi connectivity index (χ4v) is 3.55. The molecule has 1 amide bonds. The first kappa shape index (κ1) is 19.4. The molecule has 2 heterocycles. The topological polar surface area (TPSA) is 45.5 Å².